The molecule has 0 bridgehead atoms. The number of aldehydes is 1. The first-order chi connectivity index (χ1) is 10.8. The minimum absolute atomic E-state index is 0.789. The number of carbonyl (C=O) groups is 1. The minimum Gasteiger partial charge on any atom is -0.299 e. The zero-order chi connectivity index (χ0) is 16.0. The van der Waals surface area contributed by atoms with Gasteiger partial charge in [-0.25, -0.2) is 0 Å². The van der Waals surface area contributed by atoms with Crippen LogP contribution in [0.1, 0.15) is 16.7 Å². The molecule has 0 heterocycles. The first-order valence-corrected chi connectivity index (χ1v) is 6.99. The summed E-state index contributed by atoms with van der Waals surface area (Å²) in [4.78, 5) is 10.4. The topological polar surface area (TPSA) is 17.1 Å². The average Bonchev–Trinajstić information content (AvgIpc) is 2.60. The Balaban J connectivity index is 0.000000541. The molecule has 22 heavy (non-hydrogen) atoms. The second-order valence-electron chi connectivity index (χ2n) is 4.34. The van der Waals surface area contributed by atoms with Gasteiger partial charge in [-0.05, 0) is 22.8 Å². The van der Waals surface area contributed by atoms with E-state index >= 15 is 0 Å². The molecule has 0 saturated carbocycles. The zero-order valence-electron chi connectivity index (χ0n) is 12.6. The summed E-state index contributed by atoms with van der Waals surface area (Å²) in [7, 11) is 0. The number of carbonyl (C=O) groups excluding carboxylic acids is 1. The van der Waals surface area contributed by atoms with Gasteiger partial charge in [0.1, 0.15) is 6.29 Å². The van der Waals surface area contributed by atoms with E-state index in [-0.39, 0.29) is 0 Å². The number of allylic oxidation sites excluding steroid dienone is 3. The second-order valence-corrected chi connectivity index (χ2v) is 4.34. The van der Waals surface area contributed by atoms with E-state index in [9.17, 15) is 4.79 Å². The number of benzene rings is 2. The summed E-state index contributed by atoms with van der Waals surface area (Å²) < 4.78 is 0. The van der Waals surface area contributed by atoms with Crippen LogP contribution in [0.2, 0.25) is 0 Å². The molecule has 0 radical (unpaired) electrons. The first kappa shape index (κ1) is 17.1. The molecule has 0 unspecified atom stereocenters. The van der Waals surface area contributed by atoms with Crippen molar-refractivity contribution in [2.24, 2.45) is 0 Å². The molecule has 0 fully saturated rings. The lowest BCUT2D eigenvalue weighted by atomic mass is 10.1. The van der Waals surface area contributed by atoms with Crippen molar-refractivity contribution in [3.05, 3.63) is 103 Å². The van der Waals surface area contributed by atoms with E-state index < -0.39 is 0 Å². The predicted octanol–water partition coefficient (Wildman–Crippen LogP) is 5.43. The highest BCUT2D eigenvalue weighted by Crippen LogP contribution is 2.14. The van der Waals surface area contributed by atoms with Crippen LogP contribution in [-0.2, 0) is 4.79 Å². The fourth-order valence-electron chi connectivity index (χ4n) is 1.71. The fraction of sp³-hybridized carbons (Fsp3) is 0. The van der Waals surface area contributed by atoms with Crippen LogP contribution in [0, 0.1) is 0 Å². The Morgan fingerprint density at radius 2 is 1.23 bits per heavy atom. The summed E-state index contributed by atoms with van der Waals surface area (Å²) >= 11 is 0. The smallest absolute Gasteiger partial charge is 0.142 e. The maximum Gasteiger partial charge on any atom is 0.142 e. The summed E-state index contributed by atoms with van der Waals surface area (Å²) in [6.45, 7) is 6.72. The molecule has 110 valence electrons. The van der Waals surface area contributed by atoms with Crippen molar-refractivity contribution in [1.82, 2.24) is 0 Å². The SMILES string of the molecule is C=CC=C.O=CC=Cc1ccccc1C=Cc1ccccc1. The first-order valence-electron chi connectivity index (χ1n) is 6.99. The molecule has 0 aromatic heterocycles. The van der Waals surface area contributed by atoms with Gasteiger partial charge in [-0.2, -0.15) is 0 Å². The van der Waals surface area contributed by atoms with Crippen LogP contribution >= 0.6 is 0 Å². The van der Waals surface area contributed by atoms with Gasteiger partial charge in [0.05, 0.1) is 0 Å². The quantitative estimate of drug-likeness (QED) is 0.310. The van der Waals surface area contributed by atoms with Crippen LogP contribution in [0.4, 0.5) is 0 Å². The summed E-state index contributed by atoms with van der Waals surface area (Å²) in [6.07, 6.45) is 11.5. The van der Waals surface area contributed by atoms with Crippen LogP contribution in [0.25, 0.3) is 18.2 Å². The average molecular weight is 288 g/mol. The molecule has 0 N–H and O–H groups in total. The van der Waals surface area contributed by atoms with Crippen LogP contribution in [0.3, 0.4) is 0 Å². The highest BCUT2D eigenvalue weighted by molar-refractivity contribution is 5.79. The molecule has 1 nitrogen and oxygen atoms in total. The molecule has 1 heteroatoms. The molecular weight excluding hydrogens is 268 g/mol. The van der Waals surface area contributed by atoms with Gasteiger partial charge in [0, 0.05) is 0 Å². The van der Waals surface area contributed by atoms with Crippen molar-refractivity contribution < 1.29 is 4.79 Å². The Hall–Kier alpha value is -2.93. The van der Waals surface area contributed by atoms with E-state index in [2.05, 4.69) is 37.4 Å². The van der Waals surface area contributed by atoms with Gasteiger partial charge in [0.2, 0.25) is 0 Å². The Bertz CT molecular complexity index is 643. The highest BCUT2D eigenvalue weighted by Gasteiger charge is 1.93. The van der Waals surface area contributed by atoms with Crippen LogP contribution in [-0.4, -0.2) is 6.29 Å². The van der Waals surface area contributed by atoms with Crippen molar-refractivity contribution in [2.45, 2.75) is 0 Å². The predicted molar refractivity (Wildman–Crippen MR) is 97.3 cm³/mol. The molecule has 0 saturated heterocycles. The lowest BCUT2D eigenvalue weighted by molar-refractivity contribution is -0.104. The lowest BCUT2D eigenvalue weighted by Crippen LogP contribution is -1.79. The molecular formula is C21H20O. The summed E-state index contributed by atoms with van der Waals surface area (Å²) in [5.41, 5.74) is 3.29. The molecule has 2 aromatic rings. The Kier molecular flexibility index (Phi) is 8.41. The molecule has 2 rings (SSSR count). The van der Waals surface area contributed by atoms with Gasteiger partial charge >= 0.3 is 0 Å². The monoisotopic (exact) mass is 288 g/mol. The third kappa shape index (κ3) is 6.49. The van der Waals surface area contributed by atoms with Crippen molar-refractivity contribution in [3.63, 3.8) is 0 Å². The number of hydrogen-bond donors (Lipinski definition) is 0. The molecule has 0 spiro atoms. The largest absolute Gasteiger partial charge is 0.299 e. The van der Waals surface area contributed by atoms with E-state index in [0.29, 0.717) is 0 Å². The summed E-state index contributed by atoms with van der Waals surface area (Å²) in [6, 6.07) is 18.1. The summed E-state index contributed by atoms with van der Waals surface area (Å²) in [5, 5.41) is 0. The van der Waals surface area contributed by atoms with Gasteiger partial charge in [-0.3, -0.25) is 4.79 Å². The second kappa shape index (κ2) is 10.8. The molecule has 0 aliphatic carbocycles. The van der Waals surface area contributed by atoms with Gasteiger partial charge in [0.15, 0.2) is 0 Å². The zero-order valence-corrected chi connectivity index (χ0v) is 12.6. The number of hydrogen-bond acceptors (Lipinski definition) is 1. The fourth-order valence-corrected chi connectivity index (χ4v) is 1.71. The van der Waals surface area contributed by atoms with E-state index in [0.717, 1.165) is 23.0 Å². The molecule has 0 aliphatic heterocycles. The third-order valence-electron chi connectivity index (χ3n) is 2.77. The van der Waals surface area contributed by atoms with E-state index in [4.69, 9.17) is 0 Å². The minimum atomic E-state index is 0.789. The van der Waals surface area contributed by atoms with E-state index in [1.54, 1.807) is 12.2 Å². The third-order valence-corrected chi connectivity index (χ3v) is 2.77. The van der Waals surface area contributed by atoms with Crippen LogP contribution < -0.4 is 0 Å². The van der Waals surface area contributed by atoms with Gasteiger partial charge in [-0.15, -0.1) is 0 Å². The highest BCUT2D eigenvalue weighted by atomic mass is 16.1. The van der Waals surface area contributed by atoms with Crippen molar-refractivity contribution in [2.75, 3.05) is 0 Å². The Morgan fingerprint density at radius 3 is 1.77 bits per heavy atom. The van der Waals surface area contributed by atoms with Crippen molar-refractivity contribution >= 4 is 24.5 Å². The molecule has 0 atom stereocenters. The van der Waals surface area contributed by atoms with Crippen molar-refractivity contribution in [1.29, 1.82) is 0 Å². The van der Waals surface area contributed by atoms with Crippen LogP contribution in [0.5, 0.6) is 0 Å². The molecule has 0 aliphatic rings. The Morgan fingerprint density at radius 1 is 0.682 bits per heavy atom. The van der Waals surface area contributed by atoms with Gasteiger partial charge < -0.3 is 0 Å². The summed E-state index contributed by atoms with van der Waals surface area (Å²) in [5.74, 6) is 0. The van der Waals surface area contributed by atoms with E-state index in [1.165, 1.54) is 6.08 Å². The van der Waals surface area contributed by atoms with E-state index in [1.807, 2.05) is 48.5 Å². The maximum absolute atomic E-state index is 10.4. The Labute approximate surface area is 132 Å². The normalized spacial score (nSPS) is 10.0. The standard InChI is InChI=1S/C17H14O.C4H6/c18-14-6-11-16-9-4-5-10-17(16)13-12-15-7-2-1-3-8-15;1-3-4-2/h1-14H;3-4H,1-2H2. The molecule has 2 aromatic carbocycles. The van der Waals surface area contributed by atoms with Crippen LogP contribution in [0.15, 0.2) is 86.0 Å². The lowest BCUT2D eigenvalue weighted by Gasteiger charge is -1.99. The van der Waals surface area contributed by atoms with Gasteiger partial charge in [-0.1, -0.05) is 98.1 Å². The number of rotatable bonds is 5. The van der Waals surface area contributed by atoms with Gasteiger partial charge in [0.25, 0.3) is 0 Å². The molecule has 0 amide bonds. The van der Waals surface area contributed by atoms with Crippen molar-refractivity contribution in [3.8, 4) is 0 Å². The maximum atomic E-state index is 10.4.